The first-order chi connectivity index (χ1) is 10.3. The van der Waals surface area contributed by atoms with Crippen molar-refractivity contribution in [1.29, 1.82) is 0 Å². The highest BCUT2D eigenvalue weighted by Crippen LogP contribution is 2.19. The molecule has 1 heterocycles. The van der Waals surface area contributed by atoms with Crippen LogP contribution in [0.2, 0.25) is 0 Å². The molecule has 0 spiro atoms. The molecular weight excluding hydrogens is 284 g/mol. The minimum atomic E-state index is 0.631. The number of rotatable bonds is 8. The molecule has 4 nitrogen and oxygen atoms in total. The van der Waals surface area contributed by atoms with Crippen LogP contribution in [0, 0.1) is 0 Å². The molecule has 0 saturated heterocycles. The Morgan fingerprint density at radius 2 is 1.67 bits per heavy atom. The molecule has 5 heteroatoms. The summed E-state index contributed by atoms with van der Waals surface area (Å²) in [4.78, 5) is 4.23. The smallest absolute Gasteiger partial charge is 0.119 e. The van der Waals surface area contributed by atoms with Crippen LogP contribution in [0.15, 0.2) is 47.6 Å². The van der Waals surface area contributed by atoms with E-state index in [2.05, 4.69) is 11.9 Å². The van der Waals surface area contributed by atoms with Gasteiger partial charge in [0.2, 0.25) is 0 Å². The quantitative estimate of drug-likeness (QED) is 0.596. The van der Waals surface area contributed by atoms with Crippen molar-refractivity contribution in [3.05, 3.63) is 42.6 Å². The molecular formula is C16H20N2O2S. The zero-order valence-corrected chi connectivity index (χ0v) is 12.9. The van der Waals surface area contributed by atoms with Gasteiger partial charge in [-0.25, -0.2) is 4.98 Å². The average Bonchev–Trinajstić information content (AvgIpc) is 2.52. The maximum Gasteiger partial charge on any atom is 0.119 e. The molecule has 2 N–H and O–H groups in total. The fourth-order valence-electron chi connectivity index (χ4n) is 1.63. The molecule has 1 aromatic carbocycles. The fourth-order valence-corrected chi connectivity index (χ4v) is 2.30. The van der Waals surface area contributed by atoms with E-state index in [1.807, 2.05) is 36.4 Å². The summed E-state index contributed by atoms with van der Waals surface area (Å²) in [6.45, 7) is 3.46. The molecule has 21 heavy (non-hydrogen) atoms. The van der Waals surface area contributed by atoms with Gasteiger partial charge in [-0.15, -0.1) is 11.8 Å². The van der Waals surface area contributed by atoms with Gasteiger partial charge in [0.05, 0.1) is 30.1 Å². The van der Waals surface area contributed by atoms with E-state index in [4.69, 9.17) is 15.2 Å². The van der Waals surface area contributed by atoms with Crippen molar-refractivity contribution in [2.24, 2.45) is 0 Å². The van der Waals surface area contributed by atoms with Crippen LogP contribution < -0.4 is 15.2 Å². The number of pyridine rings is 1. The van der Waals surface area contributed by atoms with Gasteiger partial charge in [0.15, 0.2) is 0 Å². The largest absolute Gasteiger partial charge is 0.494 e. The third-order valence-electron chi connectivity index (χ3n) is 2.66. The zero-order valence-electron chi connectivity index (χ0n) is 12.1. The van der Waals surface area contributed by atoms with Crippen molar-refractivity contribution in [3.8, 4) is 11.5 Å². The Morgan fingerprint density at radius 1 is 1.00 bits per heavy atom. The monoisotopic (exact) mass is 304 g/mol. The molecule has 0 aliphatic rings. The van der Waals surface area contributed by atoms with E-state index in [1.165, 1.54) is 0 Å². The van der Waals surface area contributed by atoms with Crippen molar-refractivity contribution in [2.75, 3.05) is 24.7 Å². The Labute approximate surface area is 129 Å². The summed E-state index contributed by atoms with van der Waals surface area (Å²) < 4.78 is 11.2. The lowest BCUT2D eigenvalue weighted by atomic mass is 10.3. The Kier molecular flexibility index (Phi) is 6.22. The van der Waals surface area contributed by atoms with E-state index in [1.54, 1.807) is 18.0 Å². The number of benzene rings is 1. The summed E-state index contributed by atoms with van der Waals surface area (Å²) in [5, 5.41) is 0.955. The summed E-state index contributed by atoms with van der Waals surface area (Å²) >= 11 is 1.65. The second-order valence-corrected chi connectivity index (χ2v) is 5.56. The van der Waals surface area contributed by atoms with Crippen molar-refractivity contribution in [1.82, 2.24) is 4.98 Å². The number of nitrogens with two attached hydrogens (primary N) is 1. The van der Waals surface area contributed by atoms with Gasteiger partial charge in [-0.2, -0.15) is 0 Å². The van der Waals surface area contributed by atoms with Crippen LogP contribution in [0.5, 0.6) is 11.5 Å². The molecule has 0 atom stereocenters. The van der Waals surface area contributed by atoms with E-state index in [0.29, 0.717) is 12.3 Å². The van der Waals surface area contributed by atoms with E-state index in [0.717, 1.165) is 35.3 Å². The molecule has 0 bridgehead atoms. The minimum absolute atomic E-state index is 0.631. The second kappa shape index (κ2) is 8.42. The first-order valence-electron chi connectivity index (χ1n) is 6.98. The zero-order chi connectivity index (χ0) is 14.9. The number of aromatic nitrogens is 1. The molecule has 0 aliphatic carbocycles. The number of hydrogen-bond donors (Lipinski definition) is 1. The lowest BCUT2D eigenvalue weighted by Gasteiger charge is -2.08. The highest BCUT2D eigenvalue weighted by molar-refractivity contribution is 7.99. The van der Waals surface area contributed by atoms with Crippen molar-refractivity contribution >= 4 is 17.4 Å². The predicted molar refractivity (Wildman–Crippen MR) is 87.1 cm³/mol. The lowest BCUT2D eigenvalue weighted by molar-refractivity contribution is 0.314. The number of thioether (sulfide) groups is 1. The summed E-state index contributed by atoms with van der Waals surface area (Å²) in [5.41, 5.74) is 6.27. The predicted octanol–water partition coefficient (Wildman–Crippen LogP) is 3.62. The van der Waals surface area contributed by atoms with Gasteiger partial charge in [-0.1, -0.05) is 6.92 Å². The van der Waals surface area contributed by atoms with Crippen molar-refractivity contribution < 1.29 is 9.47 Å². The van der Waals surface area contributed by atoms with Gasteiger partial charge in [0.1, 0.15) is 11.5 Å². The first kappa shape index (κ1) is 15.5. The number of ether oxygens (including phenoxy) is 2. The maximum absolute atomic E-state index is 5.68. The number of anilines is 1. The van der Waals surface area contributed by atoms with Gasteiger partial charge in [0, 0.05) is 5.75 Å². The molecule has 0 aliphatic heterocycles. The lowest BCUT2D eigenvalue weighted by Crippen LogP contribution is -2.01. The highest BCUT2D eigenvalue weighted by atomic mass is 32.2. The minimum Gasteiger partial charge on any atom is -0.494 e. The van der Waals surface area contributed by atoms with E-state index in [-0.39, 0.29) is 0 Å². The number of nitrogen functional groups attached to an aromatic ring is 1. The Balaban J connectivity index is 1.69. The number of hydrogen-bond acceptors (Lipinski definition) is 5. The van der Waals surface area contributed by atoms with Crippen LogP contribution in [0.4, 0.5) is 5.69 Å². The molecule has 0 amide bonds. The molecule has 1 aromatic heterocycles. The summed E-state index contributed by atoms with van der Waals surface area (Å²) in [5.74, 6) is 2.57. The van der Waals surface area contributed by atoms with Gasteiger partial charge < -0.3 is 15.2 Å². The van der Waals surface area contributed by atoms with Crippen molar-refractivity contribution in [2.45, 2.75) is 18.4 Å². The van der Waals surface area contributed by atoms with E-state index < -0.39 is 0 Å². The van der Waals surface area contributed by atoms with Crippen LogP contribution >= 0.6 is 11.8 Å². The number of nitrogens with zero attached hydrogens (tertiary/aromatic N) is 1. The second-order valence-electron chi connectivity index (χ2n) is 4.45. The van der Waals surface area contributed by atoms with Crippen LogP contribution in [-0.2, 0) is 0 Å². The first-order valence-corrected chi connectivity index (χ1v) is 7.96. The molecule has 0 saturated carbocycles. The van der Waals surface area contributed by atoms with E-state index >= 15 is 0 Å². The Morgan fingerprint density at radius 3 is 2.24 bits per heavy atom. The van der Waals surface area contributed by atoms with Gasteiger partial charge >= 0.3 is 0 Å². The topological polar surface area (TPSA) is 57.4 Å². The Bertz CT molecular complexity index is 529. The third kappa shape index (κ3) is 5.55. The normalized spacial score (nSPS) is 10.3. The summed E-state index contributed by atoms with van der Waals surface area (Å²) in [6.07, 6.45) is 2.67. The molecule has 112 valence electrons. The molecule has 2 aromatic rings. The summed E-state index contributed by atoms with van der Waals surface area (Å²) in [6, 6.07) is 11.5. The van der Waals surface area contributed by atoms with Crippen LogP contribution in [-0.4, -0.2) is 24.0 Å². The SMILES string of the molecule is CCCOc1ccc(OCCSc2ccc(N)cn2)cc1. The molecule has 0 unspecified atom stereocenters. The Hall–Kier alpha value is -1.88. The van der Waals surface area contributed by atoms with E-state index in [9.17, 15) is 0 Å². The van der Waals surface area contributed by atoms with Crippen LogP contribution in [0.25, 0.3) is 0 Å². The summed E-state index contributed by atoms with van der Waals surface area (Å²) in [7, 11) is 0. The van der Waals surface area contributed by atoms with Crippen molar-refractivity contribution in [3.63, 3.8) is 0 Å². The molecule has 0 radical (unpaired) electrons. The standard InChI is InChI=1S/C16H20N2O2S/c1-2-9-19-14-4-6-15(7-5-14)20-10-11-21-16-8-3-13(17)12-18-16/h3-8,12H,2,9-11,17H2,1H3. The van der Waals surface area contributed by atoms with Crippen LogP contribution in [0.3, 0.4) is 0 Å². The third-order valence-corrected chi connectivity index (χ3v) is 3.57. The molecule has 2 rings (SSSR count). The van der Waals surface area contributed by atoms with Gasteiger partial charge in [-0.05, 0) is 42.8 Å². The molecule has 0 fully saturated rings. The highest BCUT2D eigenvalue weighted by Gasteiger charge is 1.98. The van der Waals surface area contributed by atoms with Crippen LogP contribution in [0.1, 0.15) is 13.3 Å². The average molecular weight is 304 g/mol. The fraction of sp³-hybridized carbons (Fsp3) is 0.312. The van der Waals surface area contributed by atoms with Gasteiger partial charge in [-0.3, -0.25) is 0 Å². The van der Waals surface area contributed by atoms with Gasteiger partial charge in [0.25, 0.3) is 0 Å². The maximum atomic E-state index is 5.68.